The second-order valence-corrected chi connectivity index (χ2v) is 8.99. The monoisotopic (exact) mass is 438 g/mol. The van der Waals surface area contributed by atoms with Crippen LogP contribution in [0.5, 0.6) is 5.75 Å². The van der Waals surface area contributed by atoms with Crippen molar-refractivity contribution in [1.29, 1.82) is 0 Å². The molecule has 0 atom stereocenters. The van der Waals surface area contributed by atoms with Crippen LogP contribution in [0.4, 0.5) is 8.78 Å². The maximum atomic E-state index is 12.6. The number of aliphatic imine (C=N–C) groups is 1. The molecule has 1 aliphatic heterocycles. The zero-order valence-corrected chi connectivity index (χ0v) is 17.2. The van der Waals surface area contributed by atoms with Gasteiger partial charge in [0.15, 0.2) is 15.8 Å². The lowest BCUT2D eigenvalue weighted by molar-refractivity contribution is -0.0504. The van der Waals surface area contributed by atoms with Crippen LogP contribution in [0.3, 0.4) is 0 Å². The molecule has 0 saturated carbocycles. The van der Waals surface area contributed by atoms with E-state index in [2.05, 4.69) is 25.3 Å². The summed E-state index contributed by atoms with van der Waals surface area (Å²) in [5.74, 6) is 0.926. The molecule has 0 bridgehead atoms. The standard InChI is InChI=1S/C17H25ClF2N4O3S/c1-2-21-17(22-5-6-24-7-9-28(25,26)10-8-24)23-12-13-11-14(18)3-4-15(13)27-16(19)20/h3-4,11,16H,2,5-10,12H2,1H3,(H2,21,22,23). The van der Waals surface area contributed by atoms with E-state index in [4.69, 9.17) is 11.6 Å². The Hall–Kier alpha value is -1.65. The van der Waals surface area contributed by atoms with Gasteiger partial charge in [-0.25, -0.2) is 13.4 Å². The first kappa shape index (κ1) is 22.6. The molecule has 7 nitrogen and oxygen atoms in total. The number of nitrogens with one attached hydrogen (secondary N) is 2. The van der Waals surface area contributed by atoms with Crippen molar-refractivity contribution in [3.63, 3.8) is 0 Å². The Bertz CT molecular complexity index is 764. The van der Waals surface area contributed by atoms with Crippen LogP contribution in [-0.4, -0.2) is 70.1 Å². The van der Waals surface area contributed by atoms with Gasteiger partial charge >= 0.3 is 6.61 Å². The molecule has 0 aromatic heterocycles. The molecule has 1 aliphatic rings. The summed E-state index contributed by atoms with van der Waals surface area (Å²) in [6.45, 7) is 2.02. The summed E-state index contributed by atoms with van der Waals surface area (Å²) in [4.78, 5) is 6.47. The molecular weight excluding hydrogens is 414 g/mol. The van der Waals surface area contributed by atoms with Gasteiger partial charge in [0.25, 0.3) is 0 Å². The van der Waals surface area contributed by atoms with Crippen molar-refractivity contribution in [3.8, 4) is 5.75 Å². The highest BCUT2D eigenvalue weighted by molar-refractivity contribution is 7.91. The van der Waals surface area contributed by atoms with E-state index >= 15 is 0 Å². The highest BCUT2D eigenvalue weighted by Crippen LogP contribution is 2.25. The molecule has 1 fully saturated rings. The van der Waals surface area contributed by atoms with E-state index in [-0.39, 0.29) is 23.8 Å². The number of rotatable bonds is 8. The molecule has 1 aromatic rings. The predicted octanol–water partition coefficient (Wildman–Crippen LogP) is 1.73. The molecule has 2 rings (SSSR count). The third-order valence-electron chi connectivity index (χ3n) is 4.15. The summed E-state index contributed by atoms with van der Waals surface area (Å²) in [5.41, 5.74) is 0.450. The van der Waals surface area contributed by atoms with Gasteiger partial charge < -0.3 is 15.4 Å². The Morgan fingerprint density at radius 1 is 1.32 bits per heavy atom. The lowest BCUT2D eigenvalue weighted by atomic mass is 10.2. The van der Waals surface area contributed by atoms with E-state index in [9.17, 15) is 17.2 Å². The molecule has 0 amide bonds. The topological polar surface area (TPSA) is 83.0 Å². The minimum atomic E-state index is -2.93. The largest absolute Gasteiger partial charge is 0.434 e. The number of nitrogens with zero attached hydrogens (tertiary/aromatic N) is 2. The lowest BCUT2D eigenvalue weighted by Gasteiger charge is -2.26. The second-order valence-electron chi connectivity index (χ2n) is 6.25. The number of hydrogen-bond acceptors (Lipinski definition) is 5. The molecule has 158 valence electrons. The SMILES string of the molecule is CCNC(=NCc1cc(Cl)ccc1OC(F)F)NCCN1CCS(=O)(=O)CC1. The summed E-state index contributed by atoms with van der Waals surface area (Å²) in [7, 11) is -2.90. The summed E-state index contributed by atoms with van der Waals surface area (Å²) >= 11 is 5.95. The van der Waals surface area contributed by atoms with Crippen LogP contribution in [0.25, 0.3) is 0 Å². The molecule has 0 spiro atoms. The van der Waals surface area contributed by atoms with Crippen molar-refractivity contribution in [2.45, 2.75) is 20.1 Å². The van der Waals surface area contributed by atoms with Crippen molar-refractivity contribution in [2.75, 3.05) is 44.2 Å². The van der Waals surface area contributed by atoms with Gasteiger partial charge in [-0.2, -0.15) is 8.78 Å². The first-order valence-electron chi connectivity index (χ1n) is 8.97. The molecule has 2 N–H and O–H groups in total. The van der Waals surface area contributed by atoms with Crippen LogP contribution < -0.4 is 15.4 Å². The summed E-state index contributed by atoms with van der Waals surface area (Å²) in [6.07, 6.45) is 0. The van der Waals surface area contributed by atoms with Crippen LogP contribution in [-0.2, 0) is 16.4 Å². The van der Waals surface area contributed by atoms with Crippen molar-refractivity contribution < 1.29 is 21.9 Å². The maximum Gasteiger partial charge on any atom is 0.387 e. The van der Waals surface area contributed by atoms with Gasteiger partial charge in [0.05, 0.1) is 18.1 Å². The van der Waals surface area contributed by atoms with E-state index in [0.717, 1.165) is 0 Å². The molecular formula is C17H25ClF2N4O3S. The number of alkyl halides is 2. The average Bonchev–Trinajstić information content (AvgIpc) is 2.62. The van der Waals surface area contributed by atoms with Gasteiger partial charge in [0.2, 0.25) is 0 Å². The number of ether oxygens (including phenoxy) is 1. The van der Waals surface area contributed by atoms with Gasteiger partial charge in [-0.1, -0.05) is 11.6 Å². The van der Waals surface area contributed by atoms with Crippen LogP contribution in [0.1, 0.15) is 12.5 Å². The Morgan fingerprint density at radius 3 is 2.68 bits per heavy atom. The van der Waals surface area contributed by atoms with Crippen molar-refractivity contribution >= 4 is 27.4 Å². The second kappa shape index (κ2) is 10.8. The van der Waals surface area contributed by atoms with Crippen molar-refractivity contribution in [1.82, 2.24) is 15.5 Å². The van der Waals surface area contributed by atoms with E-state index in [1.165, 1.54) is 12.1 Å². The third-order valence-corrected chi connectivity index (χ3v) is 5.99. The van der Waals surface area contributed by atoms with E-state index in [0.29, 0.717) is 49.3 Å². The number of sulfone groups is 1. The Kier molecular flexibility index (Phi) is 8.71. The third kappa shape index (κ3) is 7.76. The minimum Gasteiger partial charge on any atom is -0.434 e. The van der Waals surface area contributed by atoms with Gasteiger partial charge in [-0.15, -0.1) is 0 Å². The normalized spacial score (nSPS) is 17.5. The molecule has 0 aliphatic carbocycles. The fraction of sp³-hybridized carbons (Fsp3) is 0.588. The zero-order valence-electron chi connectivity index (χ0n) is 15.6. The van der Waals surface area contributed by atoms with Crippen molar-refractivity contribution in [3.05, 3.63) is 28.8 Å². The lowest BCUT2D eigenvalue weighted by Crippen LogP contribution is -2.45. The summed E-state index contributed by atoms with van der Waals surface area (Å²) < 4.78 is 52.5. The summed E-state index contributed by atoms with van der Waals surface area (Å²) in [6, 6.07) is 4.42. The molecule has 1 aromatic carbocycles. The first-order chi connectivity index (χ1) is 13.3. The Balaban J connectivity index is 1.92. The van der Waals surface area contributed by atoms with E-state index in [1.807, 2.05) is 6.92 Å². The Morgan fingerprint density at radius 2 is 2.04 bits per heavy atom. The summed E-state index contributed by atoms with van der Waals surface area (Å²) in [5, 5.41) is 6.65. The molecule has 28 heavy (non-hydrogen) atoms. The highest BCUT2D eigenvalue weighted by Gasteiger charge is 2.21. The zero-order chi connectivity index (χ0) is 20.6. The van der Waals surface area contributed by atoms with Crippen LogP contribution in [0, 0.1) is 0 Å². The van der Waals surface area contributed by atoms with Gasteiger partial charge in [-0.3, -0.25) is 4.90 Å². The minimum absolute atomic E-state index is 0.0357. The number of hydrogen-bond donors (Lipinski definition) is 2. The van der Waals surface area contributed by atoms with Crippen LogP contribution >= 0.6 is 11.6 Å². The number of guanidine groups is 1. The predicted molar refractivity (Wildman–Crippen MR) is 106 cm³/mol. The van der Waals surface area contributed by atoms with Gasteiger partial charge in [0, 0.05) is 43.3 Å². The smallest absolute Gasteiger partial charge is 0.387 e. The molecule has 0 unspecified atom stereocenters. The van der Waals surface area contributed by atoms with E-state index < -0.39 is 16.4 Å². The number of benzene rings is 1. The first-order valence-corrected chi connectivity index (χ1v) is 11.2. The van der Waals surface area contributed by atoms with Crippen molar-refractivity contribution in [2.24, 2.45) is 4.99 Å². The van der Waals surface area contributed by atoms with Gasteiger partial charge in [-0.05, 0) is 25.1 Å². The molecule has 11 heteroatoms. The molecule has 1 heterocycles. The van der Waals surface area contributed by atoms with Crippen LogP contribution in [0.15, 0.2) is 23.2 Å². The maximum absolute atomic E-state index is 12.6. The van der Waals surface area contributed by atoms with Crippen LogP contribution in [0.2, 0.25) is 5.02 Å². The quantitative estimate of drug-likeness (QED) is 0.475. The van der Waals surface area contributed by atoms with E-state index in [1.54, 1.807) is 6.07 Å². The van der Waals surface area contributed by atoms with Gasteiger partial charge in [0.1, 0.15) is 5.75 Å². The highest BCUT2D eigenvalue weighted by atomic mass is 35.5. The number of halogens is 3. The fourth-order valence-corrected chi connectivity index (χ4v) is 4.17. The Labute approximate surface area is 169 Å². The fourth-order valence-electron chi connectivity index (χ4n) is 2.69. The average molecular weight is 439 g/mol. The molecule has 0 radical (unpaired) electrons. The molecule has 1 saturated heterocycles.